The van der Waals surface area contributed by atoms with Gasteiger partial charge in [0.2, 0.25) is 0 Å². The van der Waals surface area contributed by atoms with Crippen LogP contribution in [0.2, 0.25) is 0 Å². The first kappa shape index (κ1) is 20.8. The Bertz CT molecular complexity index is 1210. The van der Waals surface area contributed by atoms with E-state index in [1.807, 2.05) is 80.1 Å². The monoisotopic (exact) mass is 432 g/mol. The molecule has 31 heavy (non-hydrogen) atoms. The maximum Gasteiger partial charge on any atom is 0.263 e. The van der Waals surface area contributed by atoms with Crippen LogP contribution in [-0.4, -0.2) is 27.8 Å². The number of carbonyl (C=O) groups excluding carboxylic acids is 1. The summed E-state index contributed by atoms with van der Waals surface area (Å²) < 4.78 is 7.12. The summed E-state index contributed by atoms with van der Waals surface area (Å²) in [6.07, 6.45) is 0. The van der Waals surface area contributed by atoms with Gasteiger partial charge in [0.05, 0.1) is 24.2 Å². The number of carbonyl (C=O) groups is 1. The zero-order chi connectivity index (χ0) is 22.0. The number of aryl methyl sites for hydroxylation is 2. The fourth-order valence-electron chi connectivity index (χ4n) is 3.46. The average Bonchev–Trinajstić information content (AvgIpc) is 3.32. The Labute approximate surface area is 185 Å². The van der Waals surface area contributed by atoms with Crippen molar-refractivity contribution in [3.63, 3.8) is 0 Å². The highest BCUT2D eigenvalue weighted by atomic mass is 32.1. The third-order valence-corrected chi connectivity index (χ3v) is 6.41. The van der Waals surface area contributed by atoms with Gasteiger partial charge in [-0.2, -0.15) is 5.10 Å². The van der Waals surface area contributed by atoms with Crippen LogP contribution in [0.3, 0.4) is 0 Å². The van der Waals surface area contributed by atoms with Crippen molar-refractivity contribution >= 4 is 17.2 Å². The van der Waals surface area contributed by atoms with Gasteiger partial charge in [-0.3, -0.25) is 4.79 Å². The molecule has 0 aliphatic rings. The first-order valence-corrected chi connectivity index (χ1v) is 10.8. The van der Waals surface area contributed by atoms with E-state index in [2.05, 4.69) is 15.4 Å². The van der Waals surface area contributed by atoms with Crippen LogP contribution < -0.4 is 10.1 Å². The molecule has 4 aromatic rings. The summed E-state index contributed by atoms with van der Waals surface area (Å²) in [5.74, 6) is 0.665. The molecule has 0 spiro atoms. The van der Waals surface area contributed by atoms with Gasteiger partial charge < -0.3 is 10.1 Å². The van der Waals surface area contributed by atoms with Crippen molar-refractivity contribution < 1.29 is 9.53 Å². The molecule has 0 atom stereocenters. The minimum atomic E-state index is -0.124. The van der Waals surface area contributed by atoms with Crippen LogP contribution in [0.4, 0.5) is 0 Å². The molecule has 0 bridgehead atoms. The smallest absolute Gasteiger partial charge is 0.263 e. The Morgan fingerprint density at radius 3 is 2.42 bits per heavy atom. The van der Waals surface area contributed by atoms with Crippen molar-refractivity contribution in [1.29, 1.82) is 0 Å². The predicted octanol–water partition coefficient (Wildman–Crippen LogP) is 4.86. The molecule has 6 nitrogen and oxygen atoms in total. The van der Waals surface area contributed by atoms with Crippen molar-refractivity contribution in [2.75, 3.05) is 7.11 Å². The van der Waals surface area contributed by atoms with E-state index in [4.69, 9.17) is 4.74 Å². The molecule has 0 radical (unpaired) electrons. The molecular weight excluding hydrogens is 408 g/mol. The fraction of sp³-hybridized carbons (Fsp3) is 0.208. The number of nitrogens with zero attached hydrogens (tertiary/aromatic N) is 3. The Balaban J connectivity index is 1.51. The number of para-hydroxylation sites is 1. The van der Waals surface area contributed by atoms with Gasteiger partial charge in [-0.05, 0) is 57.2 Å². The van der Waals surface area contributed by atoms with Crippen molar-refractivity contribution in [1.82, 2.24) is 20.1 Å². The van der Waals surface area contributed by atoms with Gasteiger partial charge in [0, 0.05) is 23.4 Å². The van der Waals surface area contributed by atoms with Crippen LogP contribution in [-0.2, 0) is 6.54 Å². The van der Waals surface area contributed by atoms with Gasteiger partial charge in [-0.25, -0.2) is 9.67 Å². The third kappa shape index (κ3) is 4.22. The number of benzene rings is 2. The lowest BCUT2D eigenvalue weighted by Gasteiger charge is -2.07. The van der Waals surface area contributed by atoms with E-state index in [1.54, 1.807) is 7.11 Å². The second-order valence-electron chi connectivity index (χ2n) is 7.24. The van der Waals surface area contributed by atoms with Gasteiger partial charge in [-0.1, -0.05) is 18.2 Å². The summed E-state index contributed by atoms with van der Waals surface area (Å²) in [6, 6.07) is 17.7. The third-order valence-electron chi connectivity index (χ3n) is 5.21. The maximum atomic E-state index is 12.9. The van der Waals surface area contributed by atoms with Crippen molar-refractivity contribution in [2.24, 2.45) is 0 Å². The average molecular weight is 433 g/mol. The number of thiazole rings is 1. The van der Waals surface area contributed by atoms with E-state index < -0.39 is 0 Å². The van der Waals surface area contributed by atoms with Gasteiger partial charge in [0.1, 0.15) is 15.6 Å². The zero-order valence-electron chi connectivity index (χ0n) is 18.0. The van der Waals surface area contributed by atoms with Crippen molar-refractivity contribution in [3.05, 3.63) is 82.1 Å². The van der Waals surface area contributed by atoms with Gasteiger partial charge >= 0.3 is 0 Å². The molecule has 7 heteroatoms. The molecule has 4 rings (SSSR count). The summed E-state index contributed by atoms with van der Waals surface area (Å²) in [5.41, 5.74) is 5.63. The number of hydrogen-bond acceptors (Lipinski definition) is 5. The number of hydrogen-bond donors (Lipinski definition) is 1. The molecule has 0 aliphatic carbocycles. The molecule has 1 N–H and O–H groups in total. The first-order valence-electron chi connectivity index (χ1n) is 9.98. The summed E-state index contributed by atoms with van der Waals surface area (Å²) >= 11 is 1.39. The summed E-state index contributed by atoms with van der Waals surface area (Å²) in [5, 5.41) is 8.51. The van der Waals surface area contributed by atoms with Gasteiger partial charge in [0.25, 0.3) is 5.91 Å². The molecule has 0 aliphatic heterocycles. The van der Waals surface area contributed by atoms with Crippen LogP contribution in [0, 0.1) is 20.8 Å². The van der Waals surface area contributed by atoms with Crippen LogP contribution in [0.1, 0.15) is 32.3 Å². The molecule has 158 valence electrons. The molecule has 2 aromatic heterocycles. The lowest BCUT2D eigenvalue weighted by Crippen LogP contribution is -2.23. The number of ether oxygens (including phenoxy) is 1. The van der Waals surface area contributed by atoms with Crippen molar-refractivity contribution in [3.8, 4) is 22.0 Å². The molecular formula is C24H24N4O2S. The summed E-state index contributed by atoms with van der Waals surface area (Å²) in [6.45, 7) is 6.27. The standard InChI is InChI=1S/C24H24N4O2S/c1-15-21(17(3)28(27-15)19-8-6-5-7-9-19)14-25-23(29)22-16(2)26-24(31-22)18-10-12-20(30-4)13-11-18/h5-13H,14H2,1-4H3,(H,25,29). The van der Waals surface area contributed by atoms with Crippen LogP contribution in [0.5, 0.6) is 5.75 Å². The molecule has 0 saturated heterocycles. The second-order valence-corrected chi connectivity index (χ2v) is 8.24. The van der Waals surface area contributed by atoms with E-state index in [0.29, 0.717) is 11.4 Å². The first-order chi connectivity index (χ1) is 15.0. The van der Waals surface area contributed by atoms with Gasteiger partial charge in [-0.15, -0.1) is 11.3 Å². The summed E-state index contributed by atoms with van der Waals surface area (Å²) in [7, 11) is 1.64. The largest absolute Gasteiger partial charge is 0.497 e. The number of aromatic nitrogens is 3. The zero-order valence-corrected chi connectivity index (χ0v) is 18.8. The van der Waals surface area contributed by atoms with E-state index in [-0.39, 0.29) is 5.91 Å². The minimum Gasteiger partial charge on any atom is -0.497 e. The predicted molar refractivity (Wildman–Crippen MR) is 123 cm³/mol. The maximum absolute atomic E-state index is 12.9. The Morgan fingerprint density at radius 1 is 1.03 bits per heavy atom. The molecule has 0 unspecified atom stereocenters. The molecule has 1 amide bonds. The van der Waals surface area contributed by atoms with Crippen LogP contribution in [0.15, 0.2) is 54.6 Å². The summed E-state index contributed by atoms with van der Waals surface area (Å²) in [4.78, 5) is 18.1. The van der Waals surface area contributed by atoms with Crippen molar-refractivity contribution in [2.45, 2.75) is 27.3 Å². The number of amides is 1. The minimum absolute atomic E-state index is 0.124. The van der Waals surface area contributed by atoms with E-state index in [1.165, 1.54) is 11.3 Å². The number of methoxy groups -OCH3 is 1. The lowest BCUT2D eigenvalue weighted by molar-refractivity contribution is 0.0954. The number of nitrogens with one attached hydrogen (secondary N) is 1. The van der Waals surface area contributed by atoms with E-state index in [9.17, 15) is 4.79 Å². The van der Waals surface area contributed by atoms with Crippen LogP contribution >= 0.6 is 11.3 Å². The quantitative estimate of drug-likeness (QED) is 0.472. The highest BCUT2D eigenvalue weighted by Crippen LogP contribution is 2.29. The molecule has 2 aromatic carbocycles. The number of rotatable bonds is 6. The Hall–Kier alpha value is -3.45. The SMILES string of the molecule is COc1ccc(-c2nc(C)c(C(=O)NCc3c(C)nn(-c4ccccc4)c3C)s2)cc1. The molecule has 2 heterocycles. The molecule has 0 fully saturated rings. The normalized spacial score (nSPS) is 10.8. The molecule has 0 saturated carbocycles. The van der Waals surface area contributed by atoms with E-state index in [0.717, 1.165) is 44.7 Å². The van der Waals surface area contributed by atoms with Crippen LogP contribution in [0.25, 0.3) is 16.3 Å². The Kier molecular flexibility index (Phi) is 5.86. The highest BCUT2D eigenvalue weighted by molar-refractivity contribution is 7.17. The lowest BCUT2D eigenvalue weighted by atomic mass is 10.2. The topological polar surface area (TPSA) is 69.0 Å². The van der Waals surface area contributed by atoms with E-state index >= 15 is 0 Å². The van der Waals surface area contributed by atoms with Gasteiger partial charge in [0.15, 0.2) is 0 Å². The second kappa shape index (κ2) is 8.73. The highest BCUT2D eigenvalue weighted by Gasteiger charge is 2.18. The fourth-order valence-corrected chi connectivity index (χ4v) is 4.45. The Morgan fingerprint density at radius 2 is 1.74 bits per heavy atom.